The fraction of sp³-hybridized carbons (Fsp3) is 0.214. The molecule has 0 fully saturated rings. The van der Waals surface area contributed by atoms with Gasteiger partial charge in [0.25, 0.3) is 5.91 Å². The molecule has 90 valence electrons. The maximum absolute atomic E-state index is 12.2. The van der Waals surface area contributed by atoms with E-state index in [4.69, 9.17) is 5.26 Å². The van der Waals surface area contributed by atoms with Crippen molar-refractivity contribution in [3.8, 4) is 6.07 Å². The number of nitrogens with zero attached hydrogens (tertiary/aromatic N) is 3. The molecule has 2 rings (SSSR count). The highest BCUT2D eigenvalue weighted by molar-refractivity contribution is 5.98. The van der Waals surface area contributed by atoms with Crippen molar-refractivity contribution in [1.82, 2.24) is 9.88 Å². The molecule has 2 aromatic rings. The van der Waals surface area contributed by atoms with E-state index in [1.54, 1.807) is 12.3 Å². The average molecular weight is 239 g/mol. The van der Waals surface area contributed by atoms with E-state index in [2.05, 4.69) is 4.98 Å². The van der Waals surface area contributed by atoms with Crippen molar-refractivity contribution in [3.63, 3.8) is 0 Å². The highest BCUT2D eigenvalue weighted by Crippen LogP contribution is 2.14. The van der Waals surface area contributed by atoms with E-state index in [-0.39, 0.29) is 12.5 Å². The van der Waals surface area contributed by atoms with Crippen LogP contribution in [-0.4, -0.2) is 28.9 Å². The third-order valence-electron chi connectivity index (χ3n) is 2.78. The Balaban J connectivity index is 2.36. The number of hydrogen-bond donors (Lipinski definition) is 0. The molecule has 1 heterocycles. The zero-order valence-electron chi connectivity index (χ0n) is 10.1. The summed E-state index contributed by atoms with van der Waals surface area (Å²) in [5.41, 5.74) is 1.45. The van der Waals surface area contributed by atoms with Crippen LogP contribution in [0.15, 0.2) is 36.5 Å². The molecule has 0 N–H and O–H groups in total. The van der Waals surface area contributed by atoms with Gasteiger partial charge in [0.15, 0.2) is 0 Å². The summed E-state index contributed by atoms with van der Waals surface area (Å²) < 4.78 is 0. The first-order chi connectivity index (χ1) is 8.76. The fourth-order valence-electron chi connectivity index (χ4n) is 1.80. The molecule has 0 saturated heterocycles. The number of nitriles is 1. The van der Waals surface area contributed by atoms with Gasteiger partial charge in [0.1, 0.15) is 6.54 Å². The Labute approximate surface area is 105 Å². The number of aromatic nitrogens is 1. The Morgan fingerprint density at radius 1 is 1.44 bits per heavy atom. The van der Waals surface area contributed by atoms with Crippen LogP contribution in [-0.2, 0) is 0 Å². The first-order valence-electron chi connectivity index (χ1n) is 5.77. The van der Waals surface area contributed by atoms with E-state index in [0.29, 0.717) is 12.1 Å². The van der Waals surface area contributed by atoms with Gasteiger partial charge in [0.2, 0.25) is 0 Å². The van der Waals surface area contributed by atoms with E-state index >= 15 is 0 Å². The van der Waals surface area contributed by atoms with Gasteiger partial charge >= 0.3 is 0 Å². The zero-order valence-corrected chi connectivity index (χ0v) is 10.1. The lowest BCUT2D eigenvalue weighted by molar-refractivity contribution is 0.0784. The molecule has 0 aliphatic carbocycles. The molecule has 1 aromatic heterocycles. The Morgan fingerprint density at radius 3 is 3.00 bits per heavy atom. The number of benzene rings is 1. The van der Waals surface area contributed by atoms with Gasteiger partial charge in [0.05, 0.1) is 11.6 Å². The second-order valence-electron chi connectivity index (χ2n) is 3.89. The Morgan fingerprint density at radius 2 is 2.28 bits per heavy atom. The molecule has 4 nitrogen and oxygen atoms in total. The second-order valence-corrected chi connectivity index (χ2v) is 3.89. The van der Waals surface area contributed by atoms with Crippen LogP contribution in [0.25, 0.3) is 10.9 Å². The number of fused-ring (bicyclic) bond motifs is 1. The zero-order chi connectivity index (χ0) is 13.0. The minimum Gasteiger partial charge on any atom is -0.326 e. The van der Waals surface area contributed by atoms with Gasteiger partial charge in [0, 0.05) is 23.7 Å². The van der Waals surface area contributed by atoms with Crippen LogP contribution in [0.1, 0.15) is 17.3 Å². The van der Waals surface area contributed by atoms with Gasteiger partial charge in [-0.1, -0.05) is 6.07 Å². The van der Waals surface area contributed by atoms with Crippen molar-refractivity contribution in [2.75, 3.05) is 13.1 Å². The summed E-state index contributed by atoms with van der Waals surface area (Å²) in [4.78, 5) is 17.9. The predicted octanol–water partition coefficient (Wildman–Crippen LogP) is 2.22. The molecule has 0 saturated carbocycles. The number of carbonyl (C=O) groups excluding carboxylic acids is 1. The normalized spacial score (nSPS) is 10.0. The predicted molar refractivity (Wildman–Crippen MR) is 68.9 cm³/mol. The van der Waals surface area contributed by atoms with E-state index < -0.39 is 0 Å². The van der Waals surface area contributed by atoms with Crippen molar-refractivity contribution in [3.05, 3.63) is 42.1 Å². The van der Waals surface area contributed by atoms with Crippen LogP contribution >= 0.6 is 0 Å². The fourth-order valence-corrected chi connectivity index (χ4v) is 1.80. The summed E-state index contributed by atoms with van der Waals surface area (Å²) >= 11 is 0. The number of pyridine rings is 1. The largest absolute Gasteiger partial charge is 0.326 e. The van der Waals surface area contributed by atoms with Gasteiger partial charge in [-0.15, -0.1) is 0 Å². The number of hydrogen-bond acceptors (Lipinski definition) is 3. The Bertz CT molecular complexity index is 616. The summed E-state index contributed by atoms with van der Waals surface area (Å²) in [6.07, 6.45) is 1.72. The second kappa shape index (κ2) is 5.28. The summed E-state index contributed by atoms with van der Waals surface area (Å²) in [5, 5.41) is 9.61. The minimum absolute atomic E-state index is 0.112. The monoisotopic (exact) mass is 239 g/mol. The van der Waals surface area contributed by atoms with Crippen LogP contribution in [0.2, 0.25) is 0 Å². The van der Waals surface area contributed by atoms with Gasteiger partial charge < -0.3 is 4.90 Å². The third kappa shape index (κ3) is 2.30. The van der Waals surface area contributed by atoms with Crippen LogP contribution in [0.4, 0.5) is 0 Å². The molecule has 1 aromatic carbocycles. The smallest absolute Gasteiger partial charge is 0.254 e. The third-order valence-corrected chi connectivity index (χ3v) is 2.78. The first-order valence-corrected chi connectivity index (χ1v) is 5.77. The lowest BCUT2D eigenvalue weighted by Gasteiger charge is -2.17. The summed E-state index contributed by atoms with van der Waals surface area (Å²) in [7, 11) is 0. The van der Waals surface area contributed by atoms with Crippen molar-refractivity contribution >= 4 is 16.8 Å². The van der Waals surface area contributed by atoms with Gasteiger partial charge in [-0.3, -0.25) is 9.78 Å². The molecule has 18 heavy (non-hydrogen) atoms. The van der Waals surface area contributed by atoms with E-state index in [1.807, 2.05) is 37.3 Å². The summed E-state index contributed by atoms with van der Waals surface area (Å²) in [5.74, 6) is -0.121. The van der Waals surface area contributed by atoms with Gasteiger partial charge in [-0.05, 0) is 31.2 Å². The van der Waals surface area contributed by atoms with Crippen LogP contribution in [0.5, 0.6) is 0 Å². The topological polar surface area (TPSA) is 57.0 Å². The maximum Gasteiger partial charge on any atom is 0.254 e. The molecule has 4 heteroatoms. The molecule has 0 radical (unpaired) electrons. The summed E-state index contributed by atoms with van der Waals surface area (Å²) in [6, 6.07) is 11.1. The maximum atomic E-state index is 12.2. The Hall–Kier alpha value is -2.41. The minimum atomic E-state index is -0.121. The highest BCUT2D eigenvalue weighted by Gasteiger charge is 2.13. The lowest BCUT2D eigenvalue weighted by Crippen LogP contribution is -2.31. The molecule has 0 bridgehead atoms. The summed E-state index contributed by atoms with van der Waals surface area (Å²) in [6.45, 7) is 2.50. The standard InChI is InChI=1S/C14H13N3O/c1-2-17(9-7-15)14(18)12-5-6-13-11(10-12)4-3-8-16-13/h3-6,8,10H,2,9H2,1H3. The van der Waals surface area contributed by atoms with Crippen molar-refractivity contribution in [2.24, 2.45) is 0 Å². The van der Waals surface area contributed by atoms with E-state index in [1.165, 1.54) is 4.90 Å². The van der Waals surface area contributed by atoms with Crippen LogP contribution < -0.4 is 0 Å². The molecule has 0 unspecified atom stereocenters. The van der Waals surface area contributed by atoms with Gasteiger partial charge in [-0.2, -0.15) is 5.26 Å². The molecule has 0 spiro atoms. The average Bonchev–Trinajstić information content (AvgIpc) is 2.43. The van der Waals surface area contributed by atoms with E-state index in [0.717, 1.165) is 10.9 Å². The molecular formula is C14H13N3O. The van der Waals surface area contributed by atoms with Crippen LogP contribution in [0.3, 0.4) is 0 Å². The lowest BCUT2D eigenvalue weighted by atomic mass is 10.1. The molecule has 0 aliphatic heterocycles. The molecular weight excluding hydrogens is 226 g/mol. The van der Waals surface area contributed by atoms with Crippen molar-refractivity contribution in [1.29, 1.82) is 5.26 Å². The number of amides is 1. The van der Waals surface area contributed by atoms with Crippen molar-refractivity contribution < 1.29 is 4.79 Å². The van der Waals surface area contributed by atoms with Gasteiger partial charge in [-0.25, -0.2) is 0 Å². The number of rotatable bonds is 3. The van der Waals surface area contributed by atoms with Crippen molar-refractivity contribution in [2.45, 2.75) is 6.92 Å². The molecule has 0 aliphatic rings. The van der Waals surface area contributed by atoms with Crippen LogP contribution in [0, 0.1) is 11.3 Å². The first kappa shape index (κ1) is 12.1. The molecule has 0 atom stereocenters. The molecule has 1 amide bonds. The number of carbonyl (C=O) groups is 1. The van der Waals surface area contributed by atoms with E-state index in [9.17, 15) is 4.79 Å². The quantitative estimate of drug-likeness (QED) is 0.772. The highest BCUT2D eigenvalue weighted by atomic mass is 16.2. The SMILES string of the molecule is CCN(CC#N)C(=O)c1ccc2ncccc2c1. The Kier molecular flexibility index (Phi) is 3.54.